The number of nitrogens with one attached hydrogen (secondary N) is 3. The van der Waals surface area contributed by atoms with Gasteiger partial charge in [-0.2, -0.15) is 12.6 Å². The van der Waals surface area contributed by atoms with Crippen molar-refractivity contribution in [2.45, 2.75) is 77.2 Å². The standard InChI is InChI=1S/C20H34N4O2S2/c1-2-11-21-15-7-8-16-17(14-15)28-20(23-16)24-19(26)10-9-18(25)22-12-5-3-4-6-13-27/h15,21,27H,2-14H2,1H3,(H,22,25)(H,23,24,26)/t15-/m0/s1. The Morgan fingerprint density at radius 2 is 1.93 bits per heavy atom. The number of thiol groups is 1. The van der Waals surface area contributed by atoms with Gasteiger partial charge in [-0.25, -0.2) is 4.98 Å². The molecule has 0 saturated carbocycles. The van der Waals surface area contributed by atoms with Crippen LogP contribution in [0, 0.1) is 0 Å². The molecule has 1 aromatic rings. The molecule has 28 heavy (non-hydrogen) atoms. The van der Waals surface area contributed by atoms with Gasteiger partial charge in [0.25, 0.3) is 0 Å². The SMILES string of the molecule is CCCN[C@H]1CCc2nc(NC(=O)CCC(=O)NCCCCCCS)sc2C1. The highest BCUT2D eigenvalue weighted by molar-refractivity contribution is 7.80. The van der Waals surface area contributed by atoms with Crippen molar-refractivity contribution in [3.05, 3.63) is 10.6 Å². The highest BCUT2D eigenvalue weighted by Gasteiger charge is 2.22. The topological polar surface area (TPSA) is 83.1 Å². The number of aromatic nitrogens is 1. The Hall–Kier alpha value is -1.12. The molecule has 1 atom stereocenters. The molecule has 2 rings (SSSR count). The third-order valence-electron chi connectivity index (χ3n) is 4.86. The monoisotopic (exact) mass is 426 g/mol. The Kier molecular flexibility index (Phi) is 10.9. The van der Waals surface area contributed by atoms with Gasteiger partial charge in [0.05, 0.1) is 5.69 Å². The van der Waals surface area contributed by atoms with Crippen LogP contribution in [0.2, 0.25) is 0 Å². The molecule has 0 spiro atoms. The summed E-state index contributed by atoms with van der Waals surface area (Å²) in [6.07, 6.45) is 8.93. The van der Waals surface area contributed by atoms with Crippen molar-refractivity contribution in [1.82, 2.24) is 15.6 Å². The molecule has 6 nitrogen and oxygen atoms in total. The predicted octanol–water partition coefficient (Wildman–Crippen LogP) is 3.33. The smallest absolute Gasteiger partial charge is 0.226 e. The molecule has 0 saturated heterocycles. The maximum Gasteiger partial charge on any atom is 0.226 e. The molecule has 0 aromatic carbocycles. The lowest BCUT2D eigenvalue weighted by molar-refractivity contribution is -0.124. The number of fused-ring (bicyclic) bond motifs is 1. The average molecular weight is 427 g/mol. The van der Waals surface area contributed by atoms with Crippen LogP contribution in [0.5, 0.6) is 0 Å². The number of hydrogen-bond donors (Lipinski definition) is 4. The molecule has 1 aliphatic rings. The quantitative estimate of drug-likeness (QED) is 0.288. The summed E-state index contributed by atoms with van der Waals surface area (Å²) >= 11 is 5.75. The molecule has 0 aliphatic heterocycles. The van der Waals surface area contributed by atoms with Gasteiger partial charge in [0.2, 0.25) is 11.8 Å². The van der Waals surface area contributed by atoms with Crippen LogP contribution in [0.1, 0.15) is 68.9 Å². The van der Waals surface area contributed by atoms with Crippen molar-refractivity contribution in [1.29, 1.82) is 0 Å². The van der Waals surface area contributed by atoms with E-state index in [-0.39, 0.29) is 24.7 Å². The average Bonchev–Trinajstić information content (AvgIpc) is 3.08. The van der Waals surface area contributed by atoms with Crippen molar-refractivity contribution in [3.8, 4) is 0 Å². The van der Waals surface area contributed by atoms with Gasteiger partial charge in [0.15, 0.2) is 5.13 Å². The summed E-state index contributed by atoms with van der Waals surface area (Å²) in [6.45, 7) is 3.90. The van der Waals surface area contributed by atoms with E-state index >= 15 is 0 Å². The second-order valence-electron chi connectivity index (χ2n) is 7.32. The summed E-state index contributed by atoms with van der Waals surface area (Å²) in [5.41, 5.74) is 1.12. The molecule has 0 bridgehead atoms. The molecule has 1 aromatic heterocycles. The number of aryl methyl sites for hydroxylation is 1. The Labute approximate surface area is 178 Å². The van der Waals surface area contributed by atoms with Gasteiger partial charge in [-0.1, -0.05) is 19.8 Å². The van der Waals surface area contributed by atoms with Gasteiger partial charge < -0.3 is 16.0 Å². The second-order valence-corrected chi connectivity index (χ2v) is 8.85. The molecular formula is C20H34N4O2S2. The summed E-state index contributed by atoms with van der Waals surface area (Å²) in [5, 5.41) is 9.98. The predicted molar refractivity (Wildman–Crippen MR) is 119 cm³/mol. The number of nitrogens with zero attached hydrogens (tertiary/aromatic N) is 1. The van der Waals surface area contributed by atoms with Crippen LogP contribution >= 0.6 is 24.0 Å². The van der Waals surface area contributed by atoms with Crippen molar-refractivity contribution in [2.75, 3.05) is 24.2 Å². The van der Waals surface area contributed by atoms with E-state index in [0.717, 1.165) is 69.4 Å². The van der Waals surface area contributed by atoms with Gasteiger partial charge in [-0.15, -0.1) is 11.3 Å². The Balaban J connectivity index is 1.64. The zero-order chi connectivity index (χ0) is 20.2. The molecule has 0 radical (unpaired) electrons. The number of carbonyl (C=O) groups excluding carboxylic acids is 2. The lowest BCUT2D eigenvalue weighted by atomic mass is 9.98. The number of carbonyl (C=O) groups is 2. The number of amides is 2. The van der Waals surface area contributed by atoms with Crippen molar-refractivity contribution in [3.63, 3.8) is 0 Å². The minimum atomic E-state index is -0.143. The van der Waals surface area contributed by atoms with Crippen LogP contribution in [0.25, 0.3) is 0 Å². The third-order valence-corrected chi connectivity index (χ3v) is 6.21. The maximum absolute atomic E-state index is 12.1. The molecule has 0 fully saturated rings. The summed E-state index contributed by atoms with van der Waals surface area (Å²) < 4.78 is 0. The lowest BCUT2D eigenvalue weighted by Gasteiger charge is -2.21. The molecule has 8 heteroatoms. The molecule has 2 amide bonds. The minimum Gasteiger partial charge on any atom is -0.356 e. The van der Waals surface area contributed by atoms with E-state index in [4.69, 9.17) is 0 Å². The van der Waals surface area contributed by atoms with Crippen LogP contribution < -0.4 is 16.0 Å². The fourth-order valence-electron chi connectivity index (χ4n) is 3.27. The third kappa shape index (κ3) is 8.49. The number of rotatable bonds is 13. The second kappa shape index (κ2) is 13.2. The molecule has 158 valence electrons. The first-order chi connectivity index (χ1) is 13.6. The summed E-state index contributed by atoms with van der Waals surface area (Å²) in [7, 11) is 0. The Morgan fingerprint density at radius 1 is 1.14 bits per heavy atom. The van der Waals surface area contributed by atoms with E-state index in [2.05, 4.69) is 40.5 Å². The van der Waals surface area contributed by atoms with E-state index in [1.807, 2.05) is 0 Å². The first-order valence-corrected chi connectivity index (χ1v) is 12.0. The fraction of sp³-hybridized carbons (Fsp3) is 0.750. The van der Waals surface area contributed by atoms with E-state index in [1.54, 1.807) is 11.3 Å². The normalized spacial score (nSPS) is 15.9. The fourth-order valence-corrected chi connectivity index (χ4v) is 4.59. The zero-order valence-electron chi connectivity index (χ0n) is 16.9. The molecule has 0 unspecified atom stereocenters. The number of thiazole rings is 1. The number of hydrogen-bond acceptors (Lipinski definition) is 6. The van der Waals surface area contributed by atoms with Crippen molar-refractivity contribution >= 4 is 40.9 Å². The van der Waals surface area contributed by atoms with Crippen molar-refractivity contribution in [2.24, 2.45) is 0 Å². The summed E-state index contributed by atoms with van der Waals surface area (Å²) in [5.74, 6) is 0.711. The van der Waals surface area contributed by atoms with Crippen LogP contribution in [-0.2, 0) is 22.4 Å². The first-order valence-electron chi connectivity index (χ1n) is 10.5. The molecule has 3 N–H and O–H groups in total. The largest absolute Gasteiger partial charge is 0.356 e. The minimum absolute atomic E-state index is 0.0624. The Morgan fingerprint density at radius 3 is 2.71 bits per heavy atom. The van der Waals surface area contributed by atoms with Gasteiger partial charge in [-0.05, 0) is 50.8 Å². The van der Waals surface area contributed by atoms with Crippen LogP contribution in [0.15, 0.2) is 0 Å². The van der Waals surface area contributed by atoms with Gasteiger partial charge >= 0.3 is 0 Å². The molecule has 1 heterocycles. The van der Waals surface area contributed by atoms with E-state index in [1.165, 1.54) is 4.88 Å². The molecular weight excluding hydrogens is 392 g/mol. The van der Waals surface area contributed by atoms with Crippen LogP contribution in [-0.4, -0.2) is 41.7 Å². The van der Waals surface area contributed by atoms with Crippen LogP contribution in [0.3, 0.4) is 0 Å². The number of anilines is 1. The van der Waals surface area contributed by atoms with Crippen molar-refractivity contribution < 1.29 is 9.59 Å². The highest BCUT2D eigenvalue weighted by atomic mass is 32.1. The highest BCUT2D eigenvalue weighted by Crippen LogP contribution is 2.30. The van der Waals surface area contributed by atoms with E-state index in [9.17, 15) is 9.59 Å². The Bertz CT molecular complexity index is 621. The van der Waals surface area contributed by atoms with Gasteiger partial charge in [0, 0.05) is 30.3 Å². The van der Waals surface area contributed by atoms with Gasteiger partial charge in [-0.3, -0.25) is 9.59 Å². The maximum atomic E-state index is 12.1. The zero-order valence-corrected chi connectivity index (χ0v) is 18.6. The summed E-state index contributed by atoms with van der Waals surface area (Å²) in [6, 6.07) is 0.512. The number of unbranched alkanes of at least 4 members (excludes halogenated alkanes) is 3. The van der Waals surface area contributed by atoms with Gasteiger partial charge in [0.1, 0.15) is 0 Å². The molecule has 1 aliphatic carbocycles. The van der Waals surface area contributed by atoms with Crippen LogP contribution in [0.4, 0.5) is 5.13 Å². The first kappa shape index (κ1) is 23.2. The van der Waals surface area contributed by atoms with E-state index in [0.29, 0.717) is 17.7 Å². The van der Waals surface area contributed by atoms with E-state index < -0.39 is 0 Å². The lowest BCUT2D eigenvalue weighted by Crippen LogP contribution is -2.34. The summed E-state index contributed by atoms with van der Waals surface area (Å²) in [4.78, 5) is 29.8.